The molecule has 1 fully saturated rings. The van der Waals surface area contributed by atoms with Crippen LogP contribution in [0.1, 0.15) is 23.2 Å². The van der Waals surface area contributed by atoms with Crippen molar-refractivity contribution >= 4 is 43.5 Å². The summed E-state index contributed by atoms with van der Waals surface area (Å²) >= 11 is 1.29. The molecule has 1 aliphatic heterocycles. The van der Waals surface area contributed by atoms with Gasteiger partial charge in [0.25, 0.3) is 5.91 Å². The molecule has 2 heterocycles. The number of benzene rings is 2. The van der Waals surface area contributed by atoms with Crippen LogP contribution in [0.4, 0.5) is 4.39 Å². The second-order valence-corrected chi connectivity index (χ2v) is 10.6. The number of halogens is 1. The van der Waals surface area contributed by atoms with E-state index in [1.807, 2.05) is 0 Å². The quantitative estimate of drug-likeness (QED) is 0.523. The van der Waals surface area contributed by atoms with Gasteiger partial charge in [0.05, 0.1) is 27.8 Å². The molecule has 0 atom stereocenters. The van der Waals surface area contributed by atoms with Crippen LogP contribution in [0.25, 0.3) is 10.2 Å². The van der Waals surface area contributed by atoms with Crippen molar-refractivity contribution < 1.29 is 27.1 Å². The van der Waals surface area contributed by atoms with Gasteiger partial charge < -0.3 is 9.30 Å². The molecule has 0 N–H and O–H groups in total. The van der Waals surface area contributed by atoms with E-state index in [1.54, 1.807) is 29.8 Å². The van der Waals surface area contributed by atoms with Crippen LogP contribution in [-0.4, -0.2) is 49.4 Å². The number of thiazole rings is 1. The highest BCUT2D eigenvalue weighted by Gasteiger charge is 2.32. The van der Waals surface area contributed by atoms with Gasteiger partial charge in [-0.25, -0.2) is 17.6 Å². The molecule has 0 saturated carbocycles. The van der Waals surface area contributed by atoms with Crippen LogP contribution in [0.2, 0.25) is 0 Å². The molecule has 3 aromatic rings. The van der Waals surface area contributed by atoms with Crippen molar-refractivity contribution in [3.05, 3.63) is 58.6 Å². The maximum absolute atomic E-state index is 13.1. The monoisotopic (exact) mass is 491 g/mol. The fraction of sp³-hybridized carbons (Fsp3) is 0.318. The molecule has 8 nitrogen and oxygen atoms in total. The molecule has 0 radical (unpaired) electrons. The zero-order chi connectivity index (χ0) is 23.8. The van der Waals surface area contributed by atoms with Crippen LogP contribution in [0.15, 0.2) is 52.4 Å². The van der Waals surface area contributed by atoms with Crippen molar-refractivity contribution in [1.82, 2.24) is 8.87 Å². The molecule has 0 bridgehead atoms. The Bertz CT molecular complexity index is 1390. The number of fused-ring (bicyclic) bond motifs is 1. The average Bonchev–Trinajstić information content (AvgIpc) is 3.13. The smallest absolute Gasteiger partial charge is 0.337 e. The minimum absolute atomic E-state index is 0.0296. The van der Waals surface area contributed by atoms with Crippen molar-refractivity contribution in [1.29, 1.82) is 0 Å². The molecule has 0 aliphatic carbocycles. The molecule has 1 aromatic heterocycles. The number of aryl methyl sites for hydroxylation is 1. The molecule has 0 spiro atoms. The second kappa shape index (κ2) is 9.16. The summed E-state index contributed by atoms with van der Waals surface area (Å²) in [5.41, 5.74) is 1.25. The summed E-state index contributed by atoms with van der Waals surface area (Å²) < 4.78 is 47.3. The summed E-state index contributed by atoms with van der Waals surface area (Å²) in [4.78, 5) is 29.4. The number of esters is 1. The first-order chi connectivity index (χ1) is 15.7. The van der Waals surface area contributed by atoms with Crippen molar-refractivity contribution in [3.63, 3.8) is 0 Å². The van der Waals surface area contributed by atoms with Crippen molar-refractivity contribution in [2.45, 2.75) is 17.7 Å². The van der Waals surface area contributed by atoms with E-state index in [0.29, 0.717) is 23.2 Å². The number of carbonyl (C=O) groups excluding carboxylic acids is 2. The number of nitrogens with zero attached hydrogens (tertiary/aromatic N) is 3. The Labute approximate surface area is 194 Å². The van der Waals surface area contributed by atoms with E-state index in [0.717, 1.165) is 22.3 Å². The second-order valence-electron chi connectivity index (χ2n) is 7.70. The van der Waals surface area contributed by atoms with Crippen LogP contribution in [0.5, 0.6) is 0 Å². The van der Waals surface area contributed by atoms with Crippen LogP contribution >= 0.6 is 11.3 Å². The molecule has 11 heteroatoms. The summed E-state index contributed by atoms with van der Waals surface area (Å²) in [6, 6.07) is 9.84. The van der Waals surface area contributed by atoms with Crippen LogP contribution in [-0.2, 0) is 26.6 Å². The summed E-state index contributed by atoms with van der Waals surface area (Å²) in [5, 5.41) is 0. The first-order valence-corrected chi connectivity index (χ1v) is 12.5. The number of aromatic nitrogens is 1. The third kappa shape index (κ3) is 4.61. The van der Waals surface area contributed by atoms with E-state index in [-0.39, 0.29) is 29.8 Å². The van der Waals surface area contributed by atoms with Crippen molar-refractivity contribution in [2.75, 3.05) is 20.2 Å². The minimum atomic E-state index is -3.74. The Morgan fingerprint density at radius 2 is 1.79 bits per heavy atom. The topological polar surface area (TPSA) is 98.0 Å². The Kier molecular flexibility index (Phi) is 6.46. The molecule has 0 unspecified atom stereocenters. The third-order valence-electron chi connectivity index (χ3n) is 5.69. The number of methoxy groups -OCH3 is 1. The third-order valence-corrected chi connectivity index (χ3v) is 8.70. The predicted octanol–water partition coefficient (Wildman–Crippen LogP) is 2.69. The minimum Gasteiger partial charge on any atom is -0.465 e. The maximum Gasteiger partial charge on any atom is 0.337 e. The Morgan fingerprint density at radius 1 is 1.12 bits per heavy atom. The van der Waals surface area contributed by atoms with E-state index >= 15 is 0 Å². The summed E-state index contributed by atoms with van der Waals surface area (Å²) in [5.74, 6) is -1.63. The molecule has 174 valence electrons. The van der Waals surface area contributed by atoms with Gasteiger partial charge >= 0.3 is 5.97 Å². The number of hydrogen-bond donors (Lipinski definition) is 0. The van der Waals surface area contributed by atoms with Gasteiger partial charge in [0.15, 0.2) is 4.80 Å². The number of amides is 1. The lowest BCUT2D eigenvalue weighted by Crippen LogP contribution is -2.40. The zero-order valence-electron chi connectivity index (χ0n) is 18.0. The van der Waals surface area contributed by atoms with Gasteiger partial charge in [0, 0.05) is 26.1 Å². The normalized spacial score (nSPS) is 16.3. The largest absolute Gasteiger partial charge is 0.465 e. The van der Waals surface area contributed by atoms with Crippen molar-refractivity contribution in [2.24, 2.45) is 18.0 Å². The molecule has 33 heavy (non-hydrogen) atoms. The molecule has 1 amide bonds. The highest BCUT2D eigenvalue weighted by Crippen LogP contribution is 2.25. The van der Waals surface area contributed by atoms with E-state index in [4.69, 9.17) is 4.74 Å². The van der Waals surface area contributed by atoms with E-state index in [1.165, 1.54) is 34.9 Å². The molecular weight excluding hydrogens is 469 g/mol. The molecule has 4 rings (SSSR count). The molecule has 1 aliphatic rings. The van der Waals surface area contributed by atoms with Crippen LogP contribution in [0, 0.1) is 11.7 Å². The number of hydrogen-bond acceptors (Lipinski definition) is 6. The lowest BCUT2D eigenvalue weighted by Gasteiger charge is -2.29. The lowest BCUT2D eigenvalue weighted by molar-refractivity contribution is -0.122. The van der Waals surface area contributed by atoms with Gasteiger partial charge in [-0.15, -0.1) is 0 Å². The molecule has 2 aromatic carbocycles. The Hall–Kier alpha value is -2.89. The fourth-order valence-corrected chi connectivity index (χ4v) is 6.30. The van der Waals surface area contributed by atoms with Gasteiger partial charge in [0.2, 0.25) is 10.0 Å². The van der Waals surface area contributed by atoms with Gasteiger partial charge in [0.1, 0.15) is 5.82 Å². The predicted molar refractivity (Wildman–Crippen MR) is 121 cm³/mol. The standard InChI is InChI=1S/C22H22FN3O5S2/c1-25-18-8-3-15(21(28)31-2)13-19(18)32-22(25)24-20(27)14-9-11-26(12-10-14)33(29,30)17-6-4-16(23)5-7-17/h3-8,13-14H,9-12H2,1-2H3. The first kappa shape index (κ1) is 23.3. The van der Waals surface area contributed by atoms with E-state index < -0.39 is 21.8 Å². The summed E-state index contributed by atoms with van der Waals surface area (Å²) in [6.07, 6.45) is 0.702. The van der Waals surface area contributed by atoms with Crippen LogP contribution in [0.3, 0.4) is 0 Å². The Balaban J connectivity index is 1.50. The Morgan fingerprint density at radius 3 is 2.42 bits per heavy atom. The zero-order valence-corrected chi connectivity index (χ0v) is 19.7. The summed E-state index contributed by atoms with van der Waals surface area (Å²) in [7, 11) is -0.631. The van der Waals surface area contributed by atoms with Gasteiger partial charge in [-0.05, 0) is 55.3 Å². The highest BCUT2D eigenvalue weighted by atomic mass is 32.2. The summed E-state index contributed by atoms with van der Waals surface area (Å²) in [6.45, 7) is 0.374. The number of rotatable bonds is 4. The average molecular weight is 492 g/mol. The highest BCUT2D eigenvalue weighted by molar-refractivity contribution is 7.89. The van der Waals surface area contributed by atoms with Gasteiger partial charge in [-0.2, -0.15) is 9.30 Å². The van der Waals surface area contributed by atoms with Crippen molar-refractivity contribution in [3.8, 4) is 0 Å². The van der Waals surface area contributed by atoms with Gasteiger partial charge in [-0.3, -0.25) is 4.79 Å². The fourth-order valence-electron chi connectivity index (χ4n) is 3.77. The van der Waals surface area contributed by atoms with E-state index in [2.05, 4.69) is 4.99 Å². The SMILES string of the molecule is COC(=O)c1ccc2c(c1)sc(=NC(=O)C1CCN(S(=O)(=O)c3ccc(F)cc3)CC1)n2C. The van der Waals surface area contributed by atoms with Gasteiger partial charge in [-0.1, -0.05) is 11.3 Å². The molecular formula is C22H22FN3O5S2. The maximum atomic E-state index is 13.1. The number of carbonyl (C=O) groups is 2. The van der Waals surface area contributed by atoms with Crippen LogP contribution < -0.4 is 4.80 Å². The molecule has 1 saturated heterocycles. The number of ether oxygens (including phenoxy) is 1. The first-order valence-electron chi connectivity index (χ1n) is 10.2. The lowest BCUT2D eigenvalue weighted by atomic mass is 9.98. The number of piperidine rings is 1. The van der Waals surface area contributed by atoms with E-state index in [9.17, 15) is 22.4 Å². The number of sulfonamides is 1.